The molecular formula is C13H23N3O5. The molecule has 0 saturated carbocycles. The third kappa shape index (κ3) is 5.58. The molecule has 0 aromatic rings. The predicted molar refractivity (Wildman–Crippen MR) is 75.1 cm³/mol. The number of nitrogens with one attached hydrogen (secondary N) is 1. The first kappa shape index (κ1) is 17.2. The topological polar surface area (TPSA) is 110 Å². The second-order valence-electron chi connectivity index (χ2n) is 5.43. The number of hydrogen-bond acceptors (Lipinski definition) is 4. The van der Waals surface area contributed by atoms with E-state index in [0.29, 0.717) is 6.54 Å². The number of carbonyl (C=O) groups is 3. The van der Waals surface area contributed by atoms with Gasteiger partial charge in [-0.15, -0.1) is 0 Å². The summed E-state index contributed by atoms with van der Waals surface area (Å²) in [6.45, 7) is 4.08. The van der Waals surface area contributed by atoms with Crippen LogP contribution < -0.4 is 5.32 Å². The number of carbonyl (C=O) groups excluding carboxylic acids is 1. The van der Waals surface area contributed by atoms with Crippen molar-refractivity contribution >= 4 is 18.0 Å². The van der Waals surface area contributed by atoms with Crippen LogP contribution in [-0.4, -0.2) is 76.7 Å². The van der Waals surface area contributed by atoms with Crippen LogP contribution in [0.25, 0.3) is 0 Å². The molecule has 1 fully saturated rings. The van der Waals surface area contributed by atoms with Gasteiger partial charge in [0.05, 0.1) is 0 Å². The van der Waals surface area contributed by atoms with E-state index < -0.39 is 24.0 Å². The van der Waals surface area contributed by atoms with Gasteiger partial charge in [-0.2, -0.15) is 0 Å². The average molecular weight is 301 g/mol. The quantitative estimate of drug-likeness (QED) is 0.661. The van der Waals surface area contributed by atoms with Crippen molar-refractivity contribution in [1.82, 2.24) is 15.1 Å². The summed E-state index contributed by atoms with van der Waals surface area (Å²) in [5.41, 5.74) is 0. The van der Waals surface area contributed by atoms with Crippen LogP contribution in [0.2, 0.25) is 0 Å². The molecule has 1 aliphatic rings. The Hall–Kier alpha value is -1.83. The number of nitrogens with zero attached hydrogens (tertiary/aromatic N) is 2. The number of carboxylic acids is 2. The molecule has 8 nitrogen and oxygen atoms in total. The Bertz CT molecular complexity index is 401. The summed E-state index contributed by atoms with van der Waals surface area (Å²) in [7, 11) is 1.98. The summed E-state index contributed by atoms with van der Waals surface area (Å²) < 4.78 is 0. The molecule has 120 valence electrons. The summed E-state index contributed by atoms with van der Waals surface area (Å²) in [6.07, 6.45) is 0.398. The first-order valence-corrected chi connectivity index (χ1v) is 7.01. The number of rotatable bonds is 5. The molecule has 2 atom stereocenters. The van der Waals surface area contributed by atoms with Gasteiger partial charge in [0.25, 0.3) is 0 Å². The molecule has 1 saturated heterocycles. The third-order valence-corrected chi connectivity index (χ3v) is 3.55. The molecule has 0 radical (unpaired) electrons. The summed E-state index contributed by atoms with van der Waals surface area (Å²) in [5, 5.41) is 20.1. The van der Waals surface area contributed by atoms with Crippen molar-refractivity contribution in [3.63, 3.8) is 0 Å². The van der Waals surface area contributed by atoms with Gasteiger partial charge < -0.3 is 25.3 Å². The Morgan fingerprint density at radius 3 is 2.52 bits per heavy atom. The second-order valence-corrected chi connectivity index (χ2v) is 5.43. The zero-order chi connectivity index (χ0) is 16.0. The zero-order valence-corrected chi connectivity index (χ0v) is 12.4. The Balaban J connectivity index is 2.63. The van der Waals surface area contributed by atoms with Crippen LogP contribution in [0.15, 0.2) is 0 Å². The largest absolute Gasteiger partial charge is 0.481 e. The van der Waals surface area contributed by atoms with Gasteiger partial charge in [-0.25, -0.2) is 9.59 Å². The normalized spacial score (nSPS) is 21.4. The van der Waals surface area contributed by atoms with Crippen LogP contribution in [0.5, 0.6) is 0 Å². The van der Waals surface area contributed by atoms with Crippen molar-refractivity contribution in [1.29, 1.82) is 0 Å². The number of aliphatic carboxylic acids is 2. The van der Waals surface area contributed by atoms with Crippen molar-refractivity contribution in [3.8, 4) is 0 Å². The molecule has 1 rings (SSSR count). The van der Waals surface area contributed by atoms with Gasteiger partial charge in [0.2, 0.25) is 0 Å². The first-order valence-electron chi connectivity index (χ1n) is 7.01. The minimum atomic E-state index is -1.22. The highest BCUT2D eigenvalue weighted by Gasteiger charge is 2.28. The van der Waals surface area contributed by atoms with Gasteiger partial charge in [0.15, 0.2) is 0 Å². The highest BCUT2D eigenvalue weighted by molar-refractivity contribution is 5.83. The van der Waals surface area contributed by atoms with E-state index in [0.717, 1.165) is 19.5 Å². The van der Waals surface area contributed by atoms with E-state index in [1.54, 1.807) is 4.90 Å². The Morgan fingerprint density at radius 1 is 1.29 bits per heavy atom. The molecule has 1 aliphatic heterocycles. The highest BCUT2D eigenvalue weighted by atomic mass is 16.4. The number of carboxylic acid groups (broad SMARTS) is 2. The van der Waals surface area contributed by atoms with Gasteiger partial charge in [0, 0.05) is 25.6 Å². The molecule has 3 N–H and O–H groups in total. The fraction of sp³-hybridized carbons (Fsp3) is 0.769. The fourth-order valence-corrected chi connectivity index (χ4v) is 2.43. The second kappa shape index (κ2) is 7.82. The maximum absolute atomic E-state index is 12.2. The third-order valence-electron chi connectivity index (χ3n) is 3.55. The number of hydrogen-bond donors (Lipinski definition) is 3. The van der Waals surface area contributed by atoms with E-state index in [1.807, 2.05) is 14.0 Å². The highest BCUT2D eigenvalue weighted by Crippen LogP contribution is 2.09. The molecule has 0 aromatic carbocycles. The van der Waals surface area contributed by atoms with Gasteiger partial charge in [0.1, 0.15) is 6.04 Å². The van der Waals surface area contributed by atoms with E-state index in [-0.39, 0.29) is 18.9 Å². The van der Waals surface area contributed by atoms with Crippen LogP contribution in [-0.2, 0) is 9.59 Å². The van der Waals surface area contributed by atoms with Crippen LogP contribution in [0.4, 0.5) is 4.79 Å². The molecular weight excluding hydrogens is 278 g/mol. The van der Waals surface area contributed by atoms with Crippen molar-refractivity contribution in [2.45, 2.75) is 38.3 Å². The van der Waals surface area contributed by atoms with E-state index in [9.17, 15) is 14.4 Å². The Labute approximate surface area is 123 Å². The fourth-order valence-electron chi connectivity index (χ4n) is 2.43. The lowest BCUT2D eigenvalue weighted by Crippen LogP contribution is -2.52. The maximum Gasteiger partial charge on any atom is 0.326 e. The molecule has 0 aromatic heterocycles. The number of likely N-dealkylation sites (N-methyl/N-ethyl adjacent to an activating group) is 1. The van der Waals surface area contributed by atoms with Gasteiger partial charge in [-0.1, -0.05) is 0 Å². The standard InChI is InChI=1S/C13H23N3O5/c1-9-8-15(2)6-3-7-16(9)13(21)14-10(12(19)20)4-5-11(17)18/h9-10H,3-8H2,1-2H3,(H,14,21)(H,17,18)(H,19,20). The molecule has 21 heavy (non-hydrogen) atoms. The number of urea groups is 1. The summed E-state index contributed by atoms with van der Waals surface area (Å²) in [5.74, 6) is -2.30. The van der Waals surface area contributed by atoms with Crippen molar-refractivity contribution in [2.75, 3.05) is 26.7 Å². The smallest absolute Gasteiger partial charge is 0.326 e. The van der Waals surface area contributed by atoms with Crippen LogP contribution in [0.3, 0.4) is 0 Å². The SMILES string of the molecule is CC1CN(C)CCCN1C(=O)NC(CCC(=O)O)C(=O)O. The van der Waals surface area contributed by atoms with Crippen LogP contribution in [0, 0.1) is 0 Å². The van der Waals surface area contributed by atoms with Crippen LogP contribution in [0.1, 0.15) is 26.2 Å². The van der Waals surface area contributed by atoms with Crippen molar-refractivity contribution in [2.24, 2.45) is 0 Å². The van der Waals surface area contributed by atoms with E-state index >= 15 is 0 Å². The lowest BCUT2D eigenvalue weighted by atomic mass is 10.1. The molecule has 0 bridgehead atoms. The lowest BCUT2D eigenvalue weighted by Gasteiger charge is -2.29. The Kier molecular flexibility index (Phi) is 6.41. The van der Waals surface area contributed by atoms with E-state index in [2.05, 4.69) is 10.2 Å². The minimum absolute atomic E-state index is 0.0218. The summed E-state index contributed by atoms with van der Waals surface area (Å²) >= 11 is 0. The van der Waals surface area contributed by atoms with Crippen LogP contribution >= 0.6 is 0 Å². The molecule has 1 heterocycles. The van der Waals surface area contributed by atoms with Gasteiger partial charge >= 0.3 is 18.0 Å². The molecule has 2 unspecified atom stereocenters. The molecule has 0 spiro atoms. The zero-order valence-electron chi connectivity index (χ0n) is 12.4. The molecule has 0 aliphatic carbocycles. The summed E-state index contributed by atoms with van der Waals surface area (Å²) in [6, 6.07) is -1.65. The average Bonchev–Trinajstić information content (AvgIpc) is 2.54. The van der Waals surface area contributed by atoms with Gasteiger partial charge in [-0.3, -0.25) is 4.79 Å². The molecule has 8 heteroatoms. The predicted octanol–water partition coefficient (Wildman–Crippen LogP) is 0.0400. The van der Waals surface area contributed by atoms with Gasteiger partial charge in [-0.05, 0) is 33.4 Å². The van der Waals surface area contributed by atoms with Crippen molar-refractivity contribution < 1.29 is 24.6 Å². The Morgan fingerprint density at radius 2 is 1.95 bits per heavy atom. The number of amides is 2. The van der Waals surface area contributed by atoms with E-state index in [4.69, 9.17) is 10.2 Å². The maximum atomic E-state index is 12.2. The molecule has 2 amide bonds. The summed E-state index contributed by atoms with van der Waals surface area (Å²) in [4.78, 5) is 37.6. The first-order chi connectivity index (χ1) is 9.81. The lowest BCUT2D eigenvalue weighted by molar-refractivity contribution is -0.140. The van der Waals surface area contributed by atoms with E-state index in [1.165, 1.54) is 0 Å². The monoisotopic (exact) mass is 301 g/mol. The van der Waals surface area contributed by atoms with Crippen molar-refractivity contribution in [3.05, 3.63) is 0 Å². The minimum Gasteiger partial charge on any atom is -0.481 e.